The molecule has 0 N–H and O–H groups in total. The number of benzene rings is 1. The van der Waals surface area contributed by atoms with Gasteiger partial charge in [-0.1, -0.05) is 18.2 Å². The van der Waals surface area contributed by atoms with Gasteiger partial charge in [0.25, 0.3) is 5.91 Å². The predicted molar refractivity (Wildman–Crippen MR) is 108 cm³/mol. The summed E-state index contributed by atoms with van der Waals surface area (Å²) in [5.41, 5.74) is 3.66. The van der Waals surface area contributed by atoms with E-state index < -0.39 is 5.79 Å². The lowest BCUT2D eigenvalue weighted by Crippen LogP contribution is -2.47. The average Bonchev–Trinajstić information content (AvgIpc) is 3.31. The molecule has 3 aliphatic heterocycles. The van der Waals surface area contributed by atoms with Crippen LogP contribution in [0.1, 0.15) is 41.5 Å². The smallest absolute Gasteiger partial charge is 0.272 e. The summed E-state index contributed by atoms with van der Waals surface area (Å²) in [6.07, 6.45) is 2.35. The van der Waals surface area contributed by atoms with Crippen molar-refractivity contribution in [1.82, 2.24) is 14.9 Å². The molecule has 2 fully saturated rings. The highest BCUT2D eigenvalue weighted by Gasteiger charge is 2.41. The normalized spacial score (nSPS) is 22.9. The number of para-hydroxylation sites is 1. The molecule has 7 nitrogen and oxygen atoms in total. The van der Waals surface area contributed by atoms with Crippen molar-refractivity contribution >= 4 is 17.5 Å². The van der Waals surface area contributed by atoms with Crippen molar-refractivity contribution in [2.45, 2.75) is 44.9 Å². The molecule has 1 amide bonds. The van der Waals surface area contributed by atoms with Gasteiger partial charge in [-0.3, -0.25) is 4.79 Å². The molecule has 1 aromatic carbocycles. The van der Waals surface area contributed by atoms with Crippen LogP contribution < -0.4 is 4.90 Å². The molecule has 0 radical (unpaired) electrons. The number of piperidine rings is 1. The molecule has 2 saturated heterocycles. The third kappa shape index (κ3) is 3.28. The Morgan fingerprint density at radius 2 is 1.86 bits per heavy atom. The summed E-state index contributed by atoms with van der Waals surface area (Å²) in [5, 5.41) is 0. The van der Waals surface area contributed by atoms with Gasteiger partial charge in [0, 0.05) is 43.4 Å². The Bertz CT molecular complexity index is 931. The molecule has 1 aromatic heterocycles. The fourth-order valence-corrected chi connectivity index (χ4v) is 4.64. The van der Waals surface area contributed by atoms with E-state index in [9.17, 15) is 4.79 Å². The third-order valence-electron chi connectivity index (χ3n) is 6.11. The van der Waals surface area contributed by atoms with Crippen molar-refractivity contribution in [1.29, 1.82) is 0 Å². The third-order valence-corrected chi connectivity index (χ3v) is 6.11. The van der Waals surface area contributed by atoms with Gasteiger partial charge in [0.15, 0.2) is 5.79 Å². The molecule has 0 bridgehead atoms. The van der Waals surface area contributed by atoms with Crippen molar-refractivity contribution < 1.29 is 14.3 Å². The lowest BCUT2D eigenvalue weighted by atomic mass is 10.0. The van der Waals surface area contributed by atoms with E-state index in [2.05, 4.69) is 35.0 Å². The minimum absolute atomic E-state index is 0.0512. The maximum atomic E-state index is 13.2. The van der Waals surface area contributed by atoms with Crippen LogP contribution in [0.15, 0.2) is 30.3 Å². The minimum atomic E-state index is -0.488. The topological polar surface area (TPSA) is 67.8 Å². The van der Waals surface area contributed by atoms with Crippen LogP contribution in [0.25, 0.3) is 0 Å². The summed E-state index contributed by atoms with van der Waals surface area (Å²) in [6.45, 7) is 6.58. The fourth-order valence-electron chi connectivity index (χ4n) is 4.64. The van der Waals surface area contributed by atoms with Crippen LogP contribution in [0.5, 0.6) is 0 Å². The Morgan fingerprint density at radius 3 is 2.62 bits per heavy atom. The van der Waals surface area contributed by atoms with Crippen molar-refractivity contribution in [3.63, 3.8) is 0 Å². The van der Waals surface area contributed by atoms with Crippen LogP contribution in [0, 0.1) is 6.92 Å². The van der Waals surface area contributed by atoms with Gasteiger partial charge < -0.3 is 19.3 Å². The van der Waals surface area contributed by atoms with E-state index in [0.717, 1.165) is 17.8 Å². The first-order valence-electron chi connectivity index (χ1n) is 10.3. The standard InChI is InChI=1S/C22H26N4O3/c1-15-13-18(20(27)25-9-7-22(8-10-25)28-11-12-29-22)24-21(23-15)26-16(2)14-17-5-3-4-6-19(17)26/h3-6,13,16H,7-12,14H2,1-2H3. The first-order valence-corrected chi connectivity index (χ1v) is 10.3. The number of rotatable bonds is 2. The van der Waals surface area contributed by atoms with Gasteiger partial charge in [0.05, 0.1) is 13.2 Å². The Balaban J connectivity index is 1.39. The van der Waals surface area contributed by atoms with Crippen LogP contribution in [0.4, 0.5) is 11.6 Å². The molecule has 1 spiro atoms. The lowest BCUT2D eigenvalue weighted by molar-refractivity contribution is -0.181. The molecular formula is C22H26N4O3. The summed E-state index contributed by atoms with van der Waals surface area (Å²) in [7, 11) is 0. The SMILES string of the molecule is Cc1cc(C(=O)N2CCC3(CC2)OCCO3)nc(N2c3ccccc3CC2C)n1. The van der Waals surface area contributed by atoms with E-state index in [-0.39, 0.29) is 11.9 Å². The van der Waals surface area contributed by atoms with Gasteiger partial charge in [0.1, 0.15) is 5.69 Å². The number of anilines is 2. The van der Waals surface area contributed by atoms with E-state index in [1.807, 2.05) is 17.9 Å². The van der Waals surface area contributed by atoms with Gasteiger partial charge in [-0.05, 0) is 38.0 Å². The van der Waals surface area contributed by atoms with Crippen molar-refractivity contribution in [3.05, 3.63) is 47.3 Å². The molecule has 7 heteroatoms. The Labute approximate surface area is 170 Å². The molecule has 3 aliphatic rings. The molecule has 0 saturated carbocycles. The van der Waals surface area contributed by atoms with Crippen LogP contribution in [-0.2, 0) is 15.9 Å². The molecule has 152 valence electrons. The monoisotopic (exact) mass is 394 g/mol. The number of likely N-dealkylation sites (tertiary alicyclic amines) is 1. The number of carbonyl (C=O) groups is 1. The molecule has 1 unspecified atom stereocenters. The second-order valence-electron chi connectivity index (χ2n) is 8.15. The molecule has 5 rings (SSSR count). The van der Waals surface area contributed by atoms with Crippen LogP contribution in [0.2, 0.25) is 0 Å². The lowest BCUT2D eigenvalue weighted by Gasteiger charge is -2.37. The molecule has 0 aliphatic carbocycles. The first-order chi connectivity index (χ1) is 14.0. The van der Waals surface area contributed by atoms with Gasteiger partial charge in [-0.2, -0.15) is 0 Å². The Kier molecular flexibility index (Phi) is 4.52. The highest BCUT2D eigenvalue weighted by atomic mass is 16.7. The first kappa shape index (κ1) is 18.5. The maximum Gasteiger partial charge on any atom is 0.272 e. The summed E-state index contributed by atoms with van der Waals surface area (Å²) in [6, 6.07) is 10.4. The number of ether oxygens (including phenoxy) is 2. The van der Waals surface area contributed by atoms with E-state index >= 15 is 0 Å². The van der Waals surface area contributed by atoms with Gasteiger partial charge >= 0.3 is 0 Å². The Hall–Kier alpha value is -2.51. The molecular weight excluding hydrogens is 368 g/mol. The highest BCUT2D eigenvalue weighted by Crippen LogP contribution is 2.37. The van der Waals surface area contributed by atoms with Crippen LogP contribution in [-0.4, -0.2) is 58.9 Å². The van der Waals surface area contributed by atoms with Crippen molar-refractivity contribution in [3.8, 4) is 0 Å². The van der Waals surface area contributed by atoms with Gasteiger partial charge in [-0.15, -0.1) is 0 Å². The molecule has 29 heavy (non-hydrogen) atoms. The zero-order chi connectivity index (χ0) is 20.0. The largest absolute Gasteiger partial charge is 0.347 e. The number of aryl methyl sites for hydroxylation is 1. The van der Waals surface area contributed by atoms with E-state index in [1.54, 1.807) is 6.07 Å². The van der Waals surface area contributed by atoms with E-state index in [4.69, 9.17) is 14.5 Å². The fraction of sp³-hybridized carbons (Fsp3) is 0.500. The van der Waals surface area contributed by atoms with E-state index in [0.29, 0.717) is 50.8 Å². The molecule has 1 atom stereocenters. The number of amides is 1. The number of aromatic nitrogens is 2. The maximum absolute atomic E-state index is 13.2. The highest BCUT2D eigenvalue weighted by molar-refractivity contribution is 5.93. The quantitative estimate of drug-likeness (QED) is 0.780. The number of hydrogen-bond acceptors (Lipinski definition) is 6. The number of fused-ring (bicyclic) bond motifs is 1. The summed E-state index contributed by atoms with van der Waals surface area (Å²) < 4.78 is 11.5. The summed E-state index contributed by atoms with van der Waals surface area (Å²) in [5.74, 6) is 0.0598. The van der Waals surface area contributed by atoms with Crippen LogP contribution in [0.3, 0.4) is 0 Å². The zero-order valence-corrected chi connectivity index (χ0v) is 16.9. The number of nitrogens with zero attached hydrogens (tertiary/aromatic N) is 4. The van der Waals surface area contributed by atoms with Gasteiger partial charge in [0.2, 0.25) is 5.95 Å². The van der Waals surface area contributed by atoms with Gasteiger partial charge in [-0.25, -0.2) is 9.97 Å². The van der Waals surface area contributed by atoms with Crippen molar-refractivity contribution in [2.75, 3.05) is 31.2 Å². The summed E-state index contributed by atoms with van der Waals surface area (Å²) in [4.78, 5) is 26.5. The number of carbonyl (C=O) groups excluding carboxylic acids is 1. The Morgan fingerprint density at radius 1 is 1.14 bits per heavy atom. The predicted octanol–water partition coefficient (Wildman–Crippen LogP) is 2.85. The second kappa shape index (κ2) is 7.07. The molecule has 2 aromatic rings. The second-order valence-corrected chi connectivity index (χ2v) is 8.15. The van der Waals surface area contributed by atoms with E-state index in [1.165, 1.54) is 5.56 Å². The van der Waals surface area contributed by atoms with Crippen LogP contribution >= 0.6 is 0 Å². The number of hydrogen-bond donors (Lipinski definition) is 0. The van der Waals surface area contributed by atoms with Crippen molar-refractivity contribution in [2.24, 2.45) is 0 Å². The zero-order valence-electron chi connectivity index (χ0n) is 16.9. The molecule has 4 heterocycles. The summed E-state index contributed by atoms with van der Waals surface area (Å²) >= 11 is 0. The minimum Gasteiger partial charge on any atom is -0.347 e. The average molecular weight is 394 g/mol.